The molecule has 0 unspecified atom stereocenters. The van der Waals surface area contributed by atoms with E-state index in [1.54, 1.807) is 54.6 Å². The van der Waals surface area contributed by atoms with Crippen molar-refractivity contribution in [2.75, 3.05) is 13.7 Å². The fourth-order valence-corrected chi connectivity index (χ4v) is 5.76. The van der Waals surface area contributed by atoms with Crippen molar-refractivity contribution >= 4 is 69.6 Å². The lowest BCUT2D eigenvalue weighted by Crippen LogP contribution is -2.51. The predicted molar refractivity (Wildman–Crippen MR) is 161 cm³/mol. The van der Waals surface area contributed by atoms with E-state index >= 15 is 0 Å². The van der Waals surface area contributed by atoms with E-state index in [9.17, 15) is 0 Å². The maximum Gasteiger partial charge on any atom is 0.193 e. The van der Waals surface area contributed by atoms with Crippen LogP contribution in [0.15, 0.2) is 67.3 Å². The fourth-order valence-electron chi connectivity index (χ4n) is 4.37. The molecule has 3 aromatic rings. The van der Waals surface area contributed by atoms with Gasteiger partial charge in [0.05, 0.1) is 26.4 Å². The van der Waals surface area contributed by atoms with Crippen LogP contribution in [0.4, 0.5) is 0 Å². The number of ether oxygens (including phenoxy) is 5. The second-order valence-corrected chi connectivity index (χ2v) is 11.6. The van der Waals surface area contributed by atoms with Crippen LogP contribution in [-0.2, 0) is 43.5 Å². The Bertz CT molecular complexity index is 1340. The van der Waals surface area contributed by atoms with Crippen LogP contribution in [-0.4, -0.2) is 37.8 Å². The molecule has 4 atom stereocenters. The van der Waals surface area contributed by atoms with Crippen LogP contribution in [0.2, 0.25) is 30.1 Å². The summed E-state index contributed by atoms with van der Waals surface area (Å²) < 4.78 is 30.9. The van der Waals surface area contributed by atoms with Crippen molar-refractivity contribution in [1.82, 2.24) is 0 Å². The fraction of sp³-hybridized carbons (Fsp3) is 0.310. The van der Waals surface area contributed by atoms with E-state index < -0.39 is 24.1 Å². The minimum atomic E-state index is -1.23. The number of rotatable bonds is 12. The Labute approximate surface area is 263 Å². The van der Waals surface area contributed by atoms with Crippen LogP contribution in [0.25, 0.3) is 0 Å². The van der Waals surface area contributed by atoms with E-state index in [1.807, 2.05) is 6.07 Å². The number of hydrogen-bond acceptors (Lipinski definition) is 5. The van der Waals surface area contributed by atoms with Crippen LogP contribution in [0.1, 0.15) is 16.7 Å². The highest BCUT2D eigenvalue weighted by Gasteiger charge is 2.57. The van der Waals surface area contributed by atoms with Crippen molar-refractivity contribution in [2.24, 2.45) is 0 Å². The molecular formula is C29H26Cl6O5. The van der Waals surface area contributed by atoms with Gasteiger partial charge in [-0.15, -0.1) is 0 Å². The Morgan fingerprint density at radius 2 is 1.27 bits per heavy atom. The van der Waals surface area contributed by atoms with Gasteiger partial charge in [0.15, 0.2) is 11.9 Å². The summed E-state index contributed by atoms with van der Waals surface area (Å²) in [6, 6.07) is 15.6. The molecule has 3 aromatic carbocycles. The first kappa shape index (κ1) is 31.9. The molecule has 5 nitrogen and oxygen atoms in total. The van der Waals surface area contributed by atoms with E-state index in [4.69, 9.17) is 93.3 Å². The van der Waals surface area contributed by atoms with Gasteiger partial charge in [-0.1, -0.05) is 100 Å². The van der Waals surface area contributed by atoms with E-state index in [-0.39, 0.29) is 26.4 Å². The minimum absolute atomic E-state index is 0.112. The summed E-state index contributed by atoms with van der Waals surface area (Å²) in [7, 11) is 1.52. The number of hydrogen-bond donors (Lipinski definition) is 0. The van der Waals surface area contributed by atoms with Crippen LogP contribution < -0.4 is 0 Å². The Balaban J connectivity index is 1.58. The van der Waals surface area contributed by atoms with Crippen molar-refractivity contribution in [3.8, 4) is 0 Å². The smallest absolute Gasteiger partial charge is 0.193 e. The van der Waals surface area contributed by atoms with Gasteiger partial charge in [0.1, 0.15) is 12.2 Å². The van der Waals surface area contributed by atoms with E-state index in [0.29, 0.717) is 30.1 Å². The lowest BCUT2D eigenvalue weighted by molar-refractivity contribution is -0.202. The molecule has 1 heterocycles. The molecule has 0 aliphatic carbocycles. The van der Waals surface area contributed by atoms with Crippen molar-refractivity contribution in [1.29, 1.82) is 0 Å². The topological polar surface area (TPSA) is 46.2 Å². The highest BCUT2D eigenvalue weighted by molar-refractivity contribution is 6.36. The molecule has 1 aliphatic heterocycles. The number of methoxy groups -OCH3 is 1. The Morgan fingerprint density at radius 3 is 1.75 bits per heavy atom. The summed E-state index contributed by atoms with van der Waals surface area (Å²) in [6.45, 7) is 4.66. The Morgan fingerprint density at radius 1 is 0.775 bits per heavy atom. The third-order valence-corrected chi connectivity index (χ3v) is 8.22. The molecule has 1 aliphatic rings. The molecule has 1 fully saturated rings. The first-order valence-electron chi connectivity index (χ1n) is 12.1. The zero-order valence-electron chi connectivity index (χ0n) is 21.4. The first-order valence-corrected chi connectivity index (χ1v) is 14.4. The lowest BCUT2D eigenvalue weighted by atomic mass is 9.94. The molecule has 0 bridgehead atoms. The standard InChI is InChI=1S/C29H26Cl6O5/c1-3-29(39-15-19-6-9-22(32)12-25(19)35)27(38-14-18-5-8-21(31)11-24(18)34)26(40-28(29)36-2)16-37-13-17-4-7-20(30)10-23(17)33/h3-12,26-28H,1,13-16H2,2H3/t26-,27-,28+,29-/m1/s1. The maximum atomic E-state index is 6.46. The molecular weight excluding hydrogens is 641 g/mol. The number of halogens is 6. The average Bonchev–Trinajstić information content (AvgIpc) is 3.21. The van der Waals surface area contributed by atoms with Crippen LogP contribution >= 0.6 is 69.6 Å². The van der Waals surface area contributed by atoms with Crippen molar-refractivity contribution in [3.63, 3.8) is 0 Å². The predicted octanol–water partition coefficient (Wildman–Crippen LogP) is 9.22. The lowest BCUT2D eigenvalue weighted by Gasteiger charge is -2.35. The van der Waals surface area contributed by atoms with Gasteiger partial charge in [-0.3, -0.25) is 0 Å². The van der Waals surface area contributed by atoms with Gasteiger partial charge in [0.2, 0.25) is 0 Å². The minimum Gasteiger partial charge on any atom is -0.374 e. The number of benzene rings is 3. The molecule has 0 radical (unpaired) electrons. The van der Waals surface area contributed by atoms with Gasteiger partial charge >= 0.3 is 0 Å². The molecule has 1 saturated heterocycles. The van der Waals surface area contributed by atoms with Gasteiger partial charge in [0.25, 0.3) is 0 Å². The van der Waals surface area contributed by atoms with E-state index in [1.165, 1.54) is 7.11 Å². The summed E-state index contributed by atoms with van der Waals surface area (Å²) in [4.78, 5) is 0. The van der Waals surface area contributed by atoms with Gasteiger partial charge in [-0.2, -0.15) is 0 Å². The van der Waals surface area contributed by atoms with Crippen molar-refractivity contribution in [3.05, 3.63) is 114 Å². The van der Waals surface area contributed by atoms with Gasteiger partial charge in [-0.25, -0.2) is 0 Å². The van der Waals surface area contributed by atoms with Gasteiger partial charge in [0, 0.05) is 37.2 Å². The Kier molecular flexibility index (Phi) is 11.5. The van der Waals surface area contributed by atoms with Crippen molar-refractivity contribution < 1.29 is 23.7 Å². The van der Waals surface area contributed by atoms with Crippen LogP contribution in [0, 0.1) is 0 Å². The molecule has 0 saturated carbocycles. The average molecular weight is 667 g/mol. The second kappa shape index (κ2) is 14.4. The van der Waals surface area contributed by atoms with Gasteiger partial charge in [-0.05, 0) is 53.1 Å². The second-order valence-electron chi connectivity index (χ2n) is 9.04. The van der Waals surface area contributed by atoms with Crippen LogP contribution in [0.3, 0.4) is 0 Å². The van der Waals surface area contributed by atoms with Gasteiger partial charge < -0.3 is 23.7 Å². The summed E-state index contributed by atoms with van der Waals surface area (Å²) in [5.41, 5.74) is 1.00. The maximum absolute atomic E-state index is 6.46. The Hall–Kier alpha value is -1.06. The SMILES string of the molecule is C=C[C@]1(OCc2ccc(Cl)cc2Cl)[C@@H](OC)O[C@H](COCc2ccc(Cl)cc2Cl)[C@H]1OCc1ccc(Cl)cc1Cl. The molecule has 0 spiro atoms. The zero-order valence-corrected chi connectivity index (χ0v) is 25.9. The quantitative estimate of drug-likeness (QED) is 0.180. The molecule has 40 heavy (non-hydrogen) atoms. The van der Waals surface area contributed by atoms with Crippen LogP contribution in [0.5, 0.6) is 0 Å². The highest BCUT2D eigenvalue weighted by Crippen LogP contribution is 2.40. The molecule has 214 valence electrons. The molecule has 0 aromatic heterocycles. The summed E-state index contributed by atoms with van der Waals surface area (Å²) in [6.07, 6.45) is -0.571. The van der Waals surface area contributed by atoms with E-state index in [2.05, 4.69) is 6.58 Å². The summed E-state index contributed by atoms with van der Waals surface area (Å²) in [5, 5.41) is 3.02. The molecule has 0 amide bonds. The summed E-state index contributed by atoms with van der Waals surface area (Å²) in [5.74, 6) is 0. The third kappa shape index (κ3) is 7.47. The molecule has 11 heteroatoms. The summed E-state index contributed by atoms with van der Waals surface area (Å²) >= 11 is 37.3. The highest BCUT2D eigenvalue weighted by atomic mass is 35.5. The first-order chi connectivity index (χ1) is 19.2. The van der Waals surface area contributed by atoms with E-state index in [0.717, 1.165) is 16.7 Å². The van der Waals surface area contributed by atoms with Crippen molar-refractivity contribution in [2.45, 2.75) is 43.9 Å². The monoisotopic (exact) mass is 664 g/mol. The largest absolute Gasteiger partial charge is 0.374 e. The third-order valence-electron chi connectivity index (χ3n) is 6.46. The molecule has 4 rings (SSSR count). The normalized spacial score (nSPS) is 22.5. The zero-order chi connectivity index (χ0) is 28.9. The molecule has 0 N–H and O–H groups in total.